The summed E-state index contributed by atoms with van der Waals surface area (Å²) >= 11 is 0. The Bertz CT molecular complexity index is 887. The van der Waals surface area contributed by atoms with E-state index in [4.69, 9.17) is 10.00 Å². The number of likely N-dealkylation sites (tertiary alicyclic amines) is 1. The summed E-state index contributed by atoms with van der Waals surface area (Å²) in [4.78, 5) is 26.8. The number of nitriles is 2. The van der Waals surface area contributed by atoms with E-state index in [1.165, 1.54) is 6.92 Å². The van der Waals surface area contributed by atoms with Crippen molar-refractivity contribution < 1.29 is 14.3 Å². The van der Waals surface area contributed by atoms with Gasteiger partial charge in [0.1, 0.15) is 6.10 Å². The normalized spacial score (nSPS) is 30.9. The third-order valence-corrected chi connectivity index (χ3v) is 6.05. The molecule has 2 heterocycles. The number of nitrogens with one attached hydrogen (secondary N) is 1. The zero-order valence-electron chi connectivity index (χ0n) is 15.6. The van der Waals surface area contributed by atoms with Gasteiger partial charge in [-0.15, -0.1) is 0 Å². The van der Waals surface area contributed by atoms with Crippen LogP contribution in [-0.4, -0.2) is 55.7 Å². The van der Waals surface area contributed by atoms with E-state index in [0.717, 1.165) is 17.8 Å². The second-order valence-electron chi connectivity index (χ2n) is 7.68. The summed E-state index contributed by atoms with van der Waals surface area (Å²) in [6.45, 7) is 3.96. The maximum Gasteiger partial charge on any atom is 0.414 e. The number of carbonyl (C=O) groups excluding carboxylic acids is 2. The van der Waals surface area contributed by atoms with Crippen LogP contribution >= 0.6 is 0 Å². The lowest BCUT2D eigenvalue weighted by Crippen LogP contribution is -2.33. The summed E-state index contributed by atoms with van der Waals surface area (Å²) in [5.41, 5.74) is 1.60. The minimum absolute atomic E-state index is 0.0212. The van der Waals surface area contributed by atoms with Crippen LogP contribution in [0.3, 0.4) is 0 Å². The molecule has 4 rings (SSSR count). The molecule has 1 N–H and O–H groups in total. The first-order chi connectivity index (χ1) is 13.5. The molecular formula is C20H21N5O3. The molecule has 1 aromatic rings. The number of nitrogens with zero attached hydrogens (tertiary/aromatic N) is 4. The van der Waals surface area contributed by atoms with Gasteiger partial charge in [-0.2, -0.15) is 10.5 Å². The molecule has 0 bridgehead atoms. The number of piperidine rings is 1. The number of anilines is 1. The van der Waals surface area contributed by atoms with E-state index in [1.807, 2.05) is 24.3 Å². The molecule has 144 valence electrons. The zero-order valence-corrected chi connectivity index (χ0v) is 15.6. The molecule has 0 spiro atoms. The first-order valence-electron chi connectivity index (χ1n) is 9.31. The standard InChI is InChI=1S/C20H21N5O3/c1-13(26)23-9-16-10-25(19(27)28-16)15-4-2-14(3-5-15)20-12-24(7-6-21)11-18(20)17(20)8-22/h2-5,16-18H,7,9-12H2,1H3,(H,23,26)/t16-,17+,18-,20-/m0/s1. The van der Waals surface area contributed by atoms with Gasteiger partial charge in [0.25, 0.3) is 0 Å². The van der Waals surface area contributed by atoms with Gasteiger partial charge in [0, 0.05) is 37.0 Å². The second-order valence-corrected chi connectivity index (χ2v) is 7.68. The van der Waals surface area contributed by atoms with Gasteiger partial charge in [-0.05, 0) is 17.7 Å². The number of amides is 2. The third kappa shape index (κ3) is 2.87. The Morgan fingerprint density at radius 2 is 2.07 bits per heavy atom. The molecule has 28 heavy (non-hydrogen) atoms. The molecule has 8 nitrogen and oxygen atoms in total. The number of ether oxygens (including phenoxy) is 1. The lowest BCUT2D eigenvalue weighted by molar-refractivity contribution is -0.119. The fraction of sp³-hybridized carbons (Fsp3) is 0.500. The maximum atomic E-state index is 12.2. The van der Waals surface area contributed by atoms with Crippen molar-refractivity contribution in [3.05, 3.63) is 29.8 Å². The largest absolute Gasteiger partial charge is 0.442 e. The SMILES string of the molecule is CC(=O)NC[C@H]1CN(c2ccc([C@]34CN(CC#N)C[C@H]3[C@H]4C#N)cc2)C(=O)O1. The minimum Gasteiger partial charge on any atom is -0.442 e. The summed E-state index contributed by atoms with van der Waals surface area (Å²) in [7, 11) is 0. The summed E-state index contributed by atoms with van der Waals surface area (Å²) in [6, 6.07) is 12.3. The number of hydrogen-bond donors (Lipinski definition) is 1. The van der Waals surface area contributed by atoms with Crippen LogP contribution in [0.4, 0.5) is 10.5 Å². The molecule has 3 aliphatic rings. The van der Waals surface area contributed by atoms with Crippen LogP contribution < -0.4 is 10.2 Å². The van der Waals surface area contributed by atoms with Crippen LogP contribution in [0.5, 0.6) is 0 Å². The molecule has 8 heteroatoms. The molecule has 1 aromatic carbocycles. The van der Waals surface area contributed by atoms with E-state index in [1.54, 1.807) is 4.90 Å². The van der Waals surface area contributed by atoms with Gasteiger partial charge >= 0.3 is 6.09 Å². The number of fused-ring (bicyclic) bond motifs is 1. The Kier molecular flexibility index (Phi) is 4.44. The van der Waals surface area contributed by atoms with E-state index in [-0.39, 0.29) is 29.3 Å². The highest BCUT2D eigenvalue weighted by atomic mass is 16.6. The van der Waals surface area contributed by atoms with Crippen LogP contribution in [0.1, 0.15) is 12.5 Å². The predicted molar refractivity (Wildman–Crippen MR) is 99.1 cm³/mol. The van der Waals surface area contributed by atoms with E-state index >= 15 is 0 Å². The molecule has 4 atom stereocenters. The van der Waals surface area contributed by atoms with Crippen molar-refractivity contribution in [3.8, 4) is 12.1 Å². The van der Waals surface area contributed by atoms with Gasteiger partial charge < -0.3 is 10.1 Å². The number of rotatable bonds is 5. The summed E-state index contributed by atoms with van der Waals surface area (Å²) in [5, 5.41) is 21.1. The second kappa shape index (κ2) is 6.81. The summed E-state index contributed by atoms with van der Waals surface area (Å²) in [6.07, 6.45) is -0.804. The van der Waals surface area contributed by atoms with E-state index < -0.39 is 6.09 Å². The Hall–Kier alpha value is -3.10. The van der Waals surface area contributed by atoms with E-state index in [2.05, 4.69) is 22.4 Å². The topological polar surface area (TPSA) is 109 Å². The van der Waals surface area contributed by atoms with Crippen LogP contribution in [0.2, 0.25) is 0 Å². The number of cyclic esters (lactones) is 1. The molecular weight excluding hydrogens is 358 g/mol. The molecule has 2 amide bonds. The quantitative estimate of drug-likeness (QED) is 0.764. The predicted octanol–water partition coefficient (Wildman–Crippen LogP) is 0.994. The van der Waals surface area contributed by atoms with Crippen LogP contribution in [0.25, 0.3) is 0 Å². The zero-order chi connectivity index (χ0) is 19.9. The molecule has 3 fully saturated rings. The molecule has 2 saturated heterocycles. The number of hydrogen-bond acceptors (Lipinski definition) is 6. The molecule has 0 radical (unpaired) electrons. The van der Waals surface area contributed by atoms with Gasteiger partial charge in [-0.25, -0.2) is 4.79 Å². The number of carbonyl (C=O) groups is 2. The monoisotopic (exact) mass is 379 g/mol. The minimum atomic E-state index is -0.429. The van der Waals surface area contributed by atoms with Crippen LogP contribution in [-0.2, 0) is 14.9 Å². The Morgan fingerprint density at radius 1 is 1.32 bits per heavy atom. The number of benzene rings is 1. The van der Waals surface area contributed by atoms with Gasteiger partial charge in [-0.1, -0.05) is 12.1 Å². The lowest BCUT2D eigenvalue weighted by atomic mass is 9.92. The molecule has 2 aliphatic heterocycles. The highest BCUT2D eigenvalue weighted by molar-refractivity contribution is 5.89. The van der Waals surface area contributed by atoms with E-state index in [9.17, 15) is 14.9 Å². The van der Waals surface area contributed by atoms with Crippen molar-refractivity contribution >= 4 is 17.7 Å². The first kappa shape index (κ1) is 18.3. The molecule has 0 unspecified atom stereocenters. The van der Waals surface area contributed by atoms with Crippen molar-refractivity contribution in [3.63, 3.8) is 0 Å². The molecule has 1 saturated carbocycles. The smallest absolute Gasteiger partial charge is 0.414 e. The first-order valence-corrected chi connectivity index (χ1v) is 9.31. The third-order valence-electron chi connectivity index (χ3n) is 6.05. The molecule has 0 aromatic heterocycles. The van der Waals surface area contributed by atoms with Crippen molar-refractivity contribution in [2.24, 2.45) is 11.8 Å². The average molecular weight is 379 g/mol. The van der Waals surface area contributed by atoms with Gasteiger partial charge in [0.2, 0.25) is 5.91 Å². The van der Waals surface area contributed by atoms with Crippen molar-refractivity contribution in [2.45, 2.75) is 18.4 Å². The fourth-order valence-corrected chi connectivity index (χ4v) is 4.67. The highest BCUT2D eigenvalue weighted by Gasteiger charge is 2.70. The average Bonchev–Trinajstić information content (AvgIpc) is 2.95. The van der Waals surface area contributed by atoms with Gasteiger partial charge in [0.15, 0.2) is 0 Å². The van der Waals surface area contributed by atoms with Crippen LogP contribution in [0, 0.1) is 34.5 Å². The fourth-order valence-electron chi connectivity index (χ4n) is 4.67. The van der Waals surface area contributed by atoms with Crippen LogP contribution in [0.15, 0.2) is 24.3 Å². The van der Waals surface area contributed by atoms with E-state index in [0.29, 0.717) is 26.2 Å². The lowest BCUT2D eigenvalue weighted by Gasteiger charge is -2.20. The van der Waals surface area contributed by atoms with Crippen molar-refractivity contribution in [1.82, 2.24) is 10.2 Å². The summed E-state index contributed by atoms with van der Waals surface area (Å²) < 4.78 is 5.30. The Labute approximate surface area is 163 Å². The maximum absolute atomic E-state index is 12.2. The molecule has 1 aliphatic carbocycles. The van der Waals surface area contributed by atoms with Crippen molar-refractivity contribution in [2.75, 3.05) is 37.6 Å². The van der Waals surface area contributed by atoms with Gasteiger partial charge in [-0.3, -0.25) is 14.6 Å². The highest BCUT2D eigenvalue weighted by Crippen LogP contribution is 2.63. The van der Waals surface area contributed by atoms with Gasteiger partial charge in [0.05, 0.1) is 37.7 Å². The Morgan fingerprint density at radius 3 is 2.71 bits per heavy atom. The van der Waals surface area contributed by atoms with Crippen molar-refractivity contribution in [1.29, 1.82) is 10.5 Å². The Balaban J connectivity index is 1.48. The summed E-state index contributed by atoms with van der Waals surface area (Å²) in [5.74, 6) is 0.0775.